The molecule has 0 heterocycles. The smallest absolute Gasteiger partial charge is 0.281 e. The summed E-state index contributed by atoms with van der Waals surface area (Å²) in [5.41, 5.74) is 0. The fraction of sp³-hybridized carbons (Fsp3) is 0.923. The minimum absolute atomic E-state index is 0.0619. The molecule has 0 aromatic carbocycles. The number of carbonyl (C=O) groups excluding carboxylic acids is 3. The Bertz CT molecular complexity index is 646. The lowest BCUT2D eigenvalue weighted by Gasteiger charge is -2.34. The van der Waals surface area contributed by atoms with Crippen molar-refractivity contribution in [1.29, 1.82) is 0 Å². The Morgan fingerprint density at radius 3 is 0.913 bits per heavy atom. The standard InChI is InChI=1S/C39H80O4Si3/c1-5-9-12-15-18-21-24-27-30-33-36(40)46(39(8-4)45-43-44,37(41)34-31-28-25-22-19-16-13-10-6-2)38(42)35-32-29-26-23-20-17-14-11-7-3/h39H,5-35,45H2,1-4,44H3. The SMILES string of the molecule is CCCCCCCCCCCC(=O)[Si](C(=O)CCCCCCCCCCC)(C(=O)CCCCCCCCCCC)C(CC)[SiH2]O[SiH3]. The highest BCUT2D eigenvalue weighted by atomic mass is 28.4. The second-order valence-electron chi connectivity index (χ2n) is 14.4. The zero-order valence-electron chi connectivity index (χ0n) is 31.8. The molecule has 0 saturated heterocycles. The fourth-order valence-corrected chi connectivity index (χ4v) is 18.3. The van der Waals surface area contributed by atoms with Crippen LogP contribution in [-0.4, -0.2) is 44.5 Å². The predicted octanol–water partition coefficient (Wildman–Crippen LogP) is 10.6. The van der Waals surface area contributed by atoms with E-state index in [1.165, 1.54) is 116 Å². The molecular weight excluding hydrogens is 617 g/mol. The van der Waals surface area contributed by atoms with Crippen LogP contribution in [0.15, 0.2) is 0 Å². The quantitative estimate of drug-likeness (QED) is 0.0479. The number of hydrogen-bond donors (Lipinski definition) is 0. The molecule has 0 amide bonds. The zero-order valence-corrected chi connectivity index (χ0v) is 36.3. The van der Waals surface area contributed by atoms with Crippen LogP contribution in [0.25, 0.3) is 0 Å². The van der Waals surface area contributed by atoms with Gasteiger partial charge in [-0.15, -0.1) is 0 Å². The van der Waals surface area contributed by atoms with Gasteiger partial charge in [0.25, 0.3) is 8.07 Å². The minimum atomic E-state index is -3.48. The largest absolute Gasteiger partial charge is 0.468 e. The van der Waals surface area contributed by atoms with Crippen LogP contribution >= 0.6 is 0 Å². The van der Waals surface area contributed by atoms with Crippen molar-refractivity contribution in [3.05, 3.63) is 0 Å². The average Bonchev–Trinajstić information content (AvgIpc) is 3.05. The lowest BCUT2D eigenvalue weighted by Crippen LogP contribution is -2.64. The van der Waals surface area contributed by atoms with Gasteiger partial charge in [0.1, 0.15) is 36.5 Å². The summed E-state index contributed by atoms with van der Waals surface area (Å²) in [7, 11) is -3.94. The highest BCUT2D eigenvalue weighted by Crippen LogP contribution is 2.33. The normalized spacial score (nSPS) is 12.8. The third-order valence-electron chi connectivity index (χ3n) is 10.3. The molecule has 4 nitrogen and oxygen atoms in total. The summed E-state index contributed by atoms with van der Waals surface area (Å²) in [6, 6.07) is 0. The van der Waals surface area contributed by atoms with E-state index in [1.54, 1.807) is 0 Å². The lowest BCUT2D eigenvalue weighted by molar-refractivity contribution is -0.120. The van der Waals surface area contributed by atoms with E-state index in [1.807, 2.05) is 0 Å². The van der Waals surface area contributed by atoms with Crippen molar-refractivity contribution in [2.75, 3.05) is 0 Å². The van der Waals surface area contributed by atoms with Crippen LogP contribution in [-0.2, 0) is 18.5 Å². The summed E-state index contributed by atoms with van der Waals surface area (Å²) in [5.74, 6) is 0. The third-order valence-corrected chi connectivity index (χ3v) is 20.0. The maximum atomic E-state index is 14.3. The van der Waals surface area contributed by atoms with Gasteiger partial charge < -0.3 is 18.5 Å². The van der Waals surface area contributed by atoms with Crippen LogP contribution < -0.4 is 0 Å². The monoisotopic (exact) mass is 697 g/mol. The van der Waals surface area contributed by atoms with E-state index in [2.05, 4.69) is 27.7 Å². The van der Waals surface area contributed by atoms with Crippen LogP contribution in [0.5, 0.6) is 0 Å². The molecule has 0 radical (unpaired) electrons. The van der Waals surface area contributed by atoms with Gasteiger partial charge in [-0.3, -0.25) is 0 Å². The van der Waals surface area contributed by atoms with Gasteiger partial charge in [-0.05, 0) is 24.4 Å². The Labute approximate surface area is 294 Å². The van der Waals surface area contributed by atoms with E-state index in [0.29, 0.717) is 29.7 Å². The Balaban J connectivity index is 5.41. The maximum absolute atomic E-state index is 14.3. The zero-order chi connectivity index (χ0) is 34.1. The Morgan fingerprint density at radius 2 is 0.696 bits per heavy atom. The lowest BCUT2D eigenvalue weighted by atomic mass is 10.1. The first-order chi connectivity index (χ1) is 22.5. The summed E-state index contributed by atoms with van der Waals surface area (Å²) in [4.78, 5) is 43.0. The van der Waals surface area contributed by atoms with Crippen molar-refractivity contribution in [2.24, 2.45) is 0 Å². The first kappa shape index (κ1) is 45.6. The molecule has 0 rings (SSSR count). The third kappa shape index (κ3) is 20.9. The van der Waals surface area contributed by atoms with Crippen molar-refractivity contribution in [3.8, 4) is 0 Å². The van der Waals surface area contributed by atoms with Crippen molar-refractivity contribution in [1.82, 2.24) is 0 Å². The number of hydrogen-bond acceptors (Lipinski definition) is 4. The minimum Gasteiger partial charge on any atom is -0.468 e. The number of unbranched alkanes of at least 4 members (excludes halogenated alkanes) is 24. The van der Waals surface area contributed by atoms with E-state index in [4.69, 9.17) is 4.12 Å². The molecule has 46 heavy (non-hydrogen) atoms. The predicted molar refractivity (Wildman–Crippen MR) is 210 cm³/mol. The van der Waals surface area contributed by atoms with E-state index >= 15 is 0 Å². The summed E-state index contributed by atoms with van der Waals surface area (Å²) < 4.78 is 5.90. The maximum Gasteiger partial charge on any atom is 0.281 e. The number of carbonyl (C=O) groups is 3. The Hall–Kier alpha value is -0.379. The molecule has 272 valence electrons. The molecule has 0 aliphatic rings. The van der Waals surface area contributed by atoms with Gasteiger partial charge in [0.05, 0.1) is 0 Å². The first-order valence-electron chi connectivity index (χ1n) is 20.6. The highest BCUT2D eigenvalue weighted by molar-refractivity contribution is 7.42. The second-order valence-corrected chi connectivity index (χ2v) is 22.9. The summed E-state index contributed by atoms with van der Waals surface area (Å²) in [5, 5.41) is 0.175. The van der Waals surface area contributed by atoms with Crippen molar-refractivity contribution >= 4 is 44.5 Å². The van der Waals surface area contributed by atoms with Crippen molar-refractivity contribution < 1.29 is 18.5 Å². The Kier molecular flexibility index (Phi) is 32.9. The van der Waals surface area contributed by atoms with Gasteiger partial charge in [-0.2, -0.15) is 0 Å². The fourth-order valence-electron chi connectivity index (χ4n) is 7.28. The number of rotatable bonds is 37. The molecule has 0 bridgehead atoms. The van der Waals surface area contributed by atoms with E-state index in [-0.39, 0.29) is 21.4 Å². The highest BCUT2D eigenvalue weighted by Gasteiger charge is 2.58. The molecule has 1 unspecified atom stereocenters. The van der Waals surface area contributed by atoms with Crippen LogP contribution in [0.2, 0.25) is 5.16 Å². The van der Waals surface area contributed by atoms with Gasteiger partial charge in [0.2, 0.25) is 0 Å². The molecule has 0 saturated carbocycles. The van der Waals surface area contributed by atoms with Crippen molar-refractivity contribution in [2.45, 2.75) is 232 Å². The van der Waals surface area contributed by atoms with Gasteiger partial charge in [0.15, 0.2) is 0 Å². The molecule has 0 aliphatic heterocycles. The van der Waals surface area contributed by atoms with Gasteiger partial charge in [-0.25, -0.2) is 0 Å². The van der Waals surface area contributed by atoms with Crippen LogP contribution in [0.3, 0.4) is 0 Å². The van der Waals surface area contributed by atoms with Crippen molar-refractivity contribution in [3.63, 3.8) is 0 Å². The molecule has 0 N–H and O–H groups in total. The second kappa shape index (κ2) is 33.1. The van der Waals surface area contributed by atoms with Gasteiger partial charge >= 0.3 is 0 Å². The van der Waals surface area contributed by atoms with Crippen LogP contribution in [0.4, 0.5) is 0 Å². The molecule has 0 fully saturated rings. The molecule has 0 spiro atoms. The molecule has 0 aromatic rings. The Morgan fingerprint density at radius 1 is 0.457 bits per heavy atom. The average molecular weight is 697 g/mol. The van der Waals surface area contributed by atoms with Crippen LogP contribution in [0, 0.1) is 0 Å². The molecule has 0 aliphatic carbocycles. The first-order valence-corrected chi connectivity index (χ1v) is 24.8. The topological polar surface area (TPSA) is 60.4 Å². The van der Waals surface area contributed by atoms with Gasteiger partial charge in [-0.1, -0.05) is 188 Å². The molecule has 7 heteroatoms. The summed E-state index contributed by atoms with van der Waals surface area (Å²) in [6.45, 7) is 8.86. The van der Waals surface area contributed by atoms with Gasteiger partial charge in [0, 0.05) is 19.3 Å². The molecule has 1 atom stereocenters. The summed E-state index contributed by atoms with van der Waals surface area (Å²) >= 11 is 0. The summed E-state index contributed by atoms with van der Waals surface area (Å²) in [6.07, 6.45) is 34.4. The van der Waals surface area contributed by atoms with E-state index in [9.17, 15) is 14.4 Å². The van der Waals surface area contributed by atoms with E-state index < -0.39 is 17.8 Å². The van der Waals surface area contributed by atoms with Crippen LogP contribution in [0.1, 0.15) is 227 Å². The molecule has 0 aromatic heterocycles. The van der Waals surface area contributed by atoms with E-state index in [0.717, 1.165) is 64.2 Å². The molecular formula is C39H80O4Si3.